The first-order valence-corrected chi connectivity index (χ1v) is 7.76. The monoisotopic (exact) mass is 343 g/mol. The summed E-state index contributed by atoms with van der Waals surface area (Å²) in [6.45, 7) is 4.06. The van der Waals surface area contributed by atoms with Gasteiger partial charge in [0.25, 0.3) is 5.91 Å². The van der Waals surface area contributed by atoms with Gasteiger partial charge in [0.05, 0.1) is 5.02 Å². The first kappa shape index (κ1) is 16.3. The Morgan fingerprint density at radius 1 is 1.04 bits per heavy atom. The summed E-state index contributed by atoms with van der Waals surface area (Å²) in [5.41, 5.74) is 3.64. The van der Waals surface area contributed by atoms with E-state index in [4.69, 9.17) is 16.0 Å². The second kappa shape index (κ2) is 6.49. The van der Waals surface area contributed by atoms with Gasteiger partial charge in [-0.25, -0.2) is 4.39 Å². The summed E-state index contributed by atoms with van der Waals surface area (Å²) in [4.78, 5) is 12.2. The maximum Gasteiger partial charge on any atom is 0.291 e. The highest BCUT2D eigenvalue weighted by Gasteiger charge is 2.13. The lowest BCUT2D eigenvalue weighted by Crippen LogP contribution is -2.10. The quantitative estimate of drug-likeness (QED) is 0.671. The van der Waals surface area contributed by atoms with Gasteiger partial charge >= 0.3 is 0 Å². The highest BCUT2D eigenvalue weighted by Crippen LogP contribution is 2.25. The zero-order valence-electron chi connectivity index (χ0n) is 13.2. The van der Waals surface area contributed by atoms with Gasteiger partial charge in [0.1, 0.15) is 11.6 Å². The van der Waals surface area contributed by atoms with Crippen LogP contribution in [0.1, 0.15) is 21.7 Å². The molecule has 0 unspecified atom stereocenters. The summed E-state index contributed by atoms with van der Waals surface area (Å²) in [7, 11) is 0. The molecule has 0 saturated carbocycles. The summed E-state index contributed by atoms with van der Waals surface area (Å²) >= 11 is 5.71. The van der Waals surface area contributed by atoms with Crippen LogP contribution in [0.15, 0.2) is 52.9 Å². The third-order valence-electron chi connectivity index (χ3n) is 3.80. The molecule has 0 radical (unpaired) electrons. The van der Waals surface area contributed by atoms with Crippen molar-refractivity contribution in [3.05, 3.63) is 76.3 Å². The Hall–Kier alpha value is -2.59. The Balaban J connectivity index is 1.80. The number of hydrogen-bond acceptors (Lipinski definition) is 2. The number of hydrogen-bond donors (Lipinski definition) is 1. The van der Waals surface area contributed by atoms with Crippen LogP contribution in [0, 0.1) is 19.7 Å². The first-order chi connectivity index (χ1) is 11.4. The number of amides is 1. The SMILES string of the molecule is Cc1ccc(-c2ccc(C(=O)Nc3ccc(F)c(Cl)c3)o2)cc1C. The second-order valence-electron chi connectivity index (χ2n) is 5.55. The van der Waals surface area contributed by atoms with Crippen LogP contribution in [-0.4, -0.2) is 5.91 Å². The Labute approximate surface area is 144 Å². The fraction of sp³-hybridized carbons (Fsp3) is 0.105. The molecular weight excluding hydrogens is 329 g/mol. The molecule has 1 amide bonds. The molecule has 1 aromatic heterocycles. The maximum atomic E-state index is 13.1. The predicted molar refractivity (Wildman–Crippen MR) is 93.0 cm³/mol. The third kappa shape index (κ3) is 3.34. The minimum Gasteiger partial charge on any atom is -0.451 e. The van der Waals surface area contributed by atoms with Gasteiger partial charge in [-0.2, -0.15) is 0 Å². The van der Waals surface area contributed by atoms with E-state index in [0.29, 0.717) is 11.4 Å². The van der Waals surface area contributed by atoms with Crippen LogP contribution >= 0.6 is 11.6 Å². The molecule has 0 aliphatic rings. The van der Waals surface area contributed by atoms with E-state index in [-0.39, 0.29) is 10.8 Å². The molecule has 3 nitrogen and oxygen atoms in total. The van der Waals surface area contributed by atoms with Crippen LogP contribution in [0.2, 0.25) is 5.02 Å². The van der Waals surface area contributed by atoms with Crippen LogP contribution in [0.4, 0.5) is 10.1 Å². The molecule has 1 N–H and O–H groups in total. The van der Waals surface area contributed by atoms with Crippen molar-refractivity contribution in [2.45, 2.75) is 13.8 Å². The molecule has 1 heterocycles. The summed E-state index contributed by atoms with van der Waals surface area (Å²) in [5, 5.41) is 2.58. The lowest BCUT2D eigenvalue weighted by atomic mass is 10.1. The van der Waals surface area contributed by atoms with Gasteiger partial charge in [0, 0.05) is 11.3 Å². The van der Waals surface area contributed by atoms with E-state index < -0.39 is 11.7 Å². The Kier molecular flexibility index (Phi) is 4.40. The van der Waals surface area contributed by atoms with Gasteiger partial charge in [-0.1, -0.05) is 23.7 Å². The van der Waals surface area contributed by atoms with Crippen molar-refractivity contribution in [2.75, 3.05) is 5.32 Å². The number of carbonyl (C=O) groups is 1. The first-order valence-electron chi connectivity index (χ1n) is 7.38. The van der Waals surface area contributed by atoms with E-state index in [1.807, 2.05) is 32.0 Å². The van der Waals surface area contributed by atoms with Crippen molar-refractivity contribution in [1.29, 1.82) is 0 Å². The van der Waals surface area contributed by atoms with Crippen molar-refractivity contribution in [3.8, 4) is 11.3 Å². The molecule has 24 heavy (non-hydrogen) atoms. The minimum absolute atomic E-state index is 0.0527. The van der Waals surface area contributed by atoms with Gasteiger partial charge in [-0.05, 0) is 61.4 Å². The number of halogens is 2. The predicted octanol–water partition coefficient (Wildman–Crippen LogP) is 5.61. The fourth-order valence-electron chi connectivity index (χ4n) is 2.28. The van der Waals surface area contributed by atoms with Gasteiger partial charge < -0.3 is 9.73 Å². The normalized spacial score (nSPS) is 10.7. The average Bonchev–Trinajstić information content (AvgIpc) is 3.04. The molecule has 0 saturated heterocycles. The molecule has 0 spiro atoms. The molecule has 3 aromatic rings. The van der Waals surface area contributed by atoms with E-state index in [2.05, 4.69) is 5.32 Å². The molecule has 5 heteroatoms. The molecule has 2 aromatic carbocycles. The molecule has 0 fully saturated rings. The summed E-state index contributed by atoms with van der Waals surface area (Å²) in [6.07, 6.45) is 0. The second-order valence-corrected chi connectivity index (χ2v) is 5.95. The number of anilines is 1. The van der Waals surface area contributed by atoms with Crippen LogP contribution in [-0.2, 0) is 0 Å². The number of benzene rings is 2. The Morgan fingerprint density at radius 2 is 1.83 bits per heavy atom. The molecule has 0 aliphatic heterocycles. The number of aryl methyl sites for hydroxylation is 2. The fourth-order valence-corrected chi connectivity index (χ4v) is 2.46. The largest absolute Gasteiger partial charge is 0.451 e. The van der Waals surface area contributed by atoms with Crippen molar-refractivity contribution in [1.82, 2.24) is 0 Å². The topological polar surface area (TPSA) is 42.2 Å². The highest BCUT2D eigenvalue weighted by atomic mass is 35.5. The number of nitrogens with one attached hydrogen (secondary N) is 1. The summed E-state index contributed by atoms with van der Waals surface area (Å²) in [6, 6.07) is 13.3. The van der Waals surface area contributed by atoms with Crippen LogP contribution in [0.25, 0.3) is 11.3 Å². The van der Waals surface area contributed by atoms with Gasteiger partial charge in [-0.3, -0.25) is 4.79 Å². The molecular formula is C19H15ClFNO2. The Bertz CT molecular complexity index is 917. The molecule has 0 bridgehead atoms. The standard InChI is InChI=1S/C19H15ClFNO2/c1-11-3-4-13(9-12(11)2)17-7-8-18(24-17)19(23)22-14-5-6-16(21)15(20)10-14/h3-10H,1-2H3,(H,22,23). The van der Waals surface area contributed by atoms with Crippen molar-refractivity contribution >= 4 is 23.2 Å². The van der Waals surface area contributed by atoms with Gasteiger partial charge in [0.15, 0.2) is 5.76 Å². The number of rotatable bonds is 3. The zero-order valence-corrected chi connectivity index (χ0v) is 13.9. The summed E-state index contributed by atoms with van der Waals surface area (Å²) in [5.74, 6) is -0.179. The zero-order chi connectivity index (χ0) is 17.3. The van der Waals surface area contributed by atoms with E-state index >= 15 is 0 Å². The highest BCUT2D eigenvalue weighted by molar-refractivity contribution is 6.31. The van der Waals surface area contributed by atoms with Crippen LogP contribution < -0.4 is 5.32 Å². The smallest absolute Gasteiger partial charge is 0.291 e. The van der Waals surface area contributed by atoms with Gasteiger partial charge in [0.2, 0.25) is 0 Å². The van der Waals surface area contributed by atoms with E-state index in [1.54, 1.807) is 12.1 Å². The van der Waals surface area contributed by atoms with E-state index in [0.717, 1.165) is 11.1 Å². The number of carbonyl (C=O) groups excluding carboxylic acids is 1. The minimum atomic E-state index is -0.537. The summed E-state index contributed by atoms with van der Waals surface area (Å²) < 4.78 is 18.8. The van der Waals surface area contributed by atoms with Crippen molar-refractivity contribution in [3.63, 3.8) is 0 Å². The lowest BCUT2D eigenvalue weighted by molar-refractivity contribution is 0.0997. The Morgan fingerprint density at radius 3 is 2.54 bits per heavy atom. The van der Waals surface area contributed by atoms with Gasteiger partial charge in [-0.15, -0.1) is 0 Å². The van der Waals surface area contributed by atoms with E-state index in [9.17, 15) is 9.18 Å². The van der Waals surface area contributed by atoms with Crippen LogP contribution in [0.3, 0.4) is 0 Å². The van der Waals surface area contributed by atoms with Crippen molar-refractivity contribution < 1.29 is 13.6 Å². The van der Waals surface area contributed by atoms with E-state index in [1.165, 1.54) is 23.8 Å². The third-order valence-corrected chi connectivity index (χ3v) is 4.09. The lowest BCUT2D eigenvalue weighted by Gasteiger charge is -2.05. The molecule has 0 atom stereocenters. The van der Waals surface area contributed by atoms with Crippen LogP contribution in [0.5, 0.6) is 0 Å². The van der Waals surface area contributed by atoms with Crippen molar-refractivity contribution in [2.24, 2.45) is 0 Å². The molecule has 122 valence electrons. The molecule has 0 aliphatic carbocycles. The number of furan rings is 1. The molecule has 3 rings (SSSR count). The average molecular weight is 344 g/mol. The maximum absolute atomic E-state index is 13.1.